The van der Waals surface area contributed by atoms with Crippen LogP contribution in [-0.2, 0) is 4.79 Å². The van der Waals surface area contributed by atoms with Crippen LogP contribution in [0.1, 0.15) is 10.4 Å². The molecule has 2 amide bonds. The van der Waals surface area contributed by atoms with Crippen molar-refractivity contribution in [3.63, 3.8) is 0 Å². The zero-order chi connectivity index (χ0) is 16.9. The van der Waals surface area contributed by atoms with E-state index in [2.05, 4.69) is 15.8 Å². The van der Waals surface area contributed by atoms with Crippen molar-refractivity contribution in [2.24, 2.45) is 0 Å². The Kier molecular flexibility index (Phi) is 5.02. The van der Waals surface area contributed by atoms with Gasteiger partial charge in [-0.15, -0.1) is 0 Å². The Balaban J connectivity index is 1.53. The summed E-state index contributed by atoms with van der Waals surface area (Å²) >= 11 is 7.21. The molecule has 0 saturated heterocycles. The molecule has 1 aromatic carbocycles. The molecule has 24 heavy (non-hydrogen) atoms. The van der Waals surface area contributed by atoms with Crippen LogP contribution in [0.4, 0.5) is 0 Å². The van der Waals surface area contributed by atoms with Gasteiger partial charge in [0.15, 0.2) is 5.16 Å². The van der Waals surface area contributed by atoms with Gasteiger partial charge in [0.25, 0.3) is 5.91 Å². The van der Waals surface area contributed by atoms with Crippen molar-refractivity contribution in [3.05, 3.63) is 65.4 Å². The van der Waals surface area contributed by atoms with E-state index < -0.39 is 5.91 Å². The van der Waals surface area contributed by atoms with Crippen molar-refractivity contribution in [3.8, 4) is 0 Å². The van der Waals surface area contributed by atoms with E-state index in [1.54, 1.807) is 30.5 Å². The summed E-state index contributed by atoms with van der Waals surface area (Å²) in [6, 6.07) is 12.4. The lowest BCUT2D eigenvalue weighted by Gasteiger charge is -2.08. The summed E-state index contributed by atoms with van der Waals surface area (Å²) in [5, 5.41) is 1.03. The standard InChI is InChI=1S/C16H13ClN4O2S/c17-13-7-2-1-6-12(13)15(23)20-19-14(22)10-24-16-18-9-11-5-3-4-8-21(11)16/h1-9H,10H2,(H,19,22)(H,20,23). The highest BCUT2D eigenvalue weighted by Gasteiger charge is 2.11. The van der Waals surface area contributed by atoms with Crippen molar-refractivity contribution in [2.45, 2.75) is 5.16 Å². The van der Waals surface area contributed by atoms with Crippen LogP contribution >= 0.6 is 23.4 Å². The fraction of sp³-hybridized carbons (Fsp3) is 0.0625. The first kappa shape index (κ1) is 16.4. The van der Waals surface area contributed by atoms with Crippen LogP contribution in [0.15, 0.2) is 60.0 Å². The van der Waals surface area contributed by atoms with Gasteiger partial charge in [-0.1, -0.05) is 41.6 Å². The summed E-state index contributed by atoms with van der Waals surface area (Å²) in [6.07, 6.45) is 3.61. The molecule has 2 heterocycles. The molecule has 3 rings (SSSR count). The highest BCUT2D eigenvalue weighted by molar-refractivity contribution is 7.99. The first-order valence-corrected chi connectivity index (χ1v) is 8.40. The molecule has 0 aliphatic heterocycles. The second-order valence-corrected chi connectivity index (χ2v) is 6.16. The average Bonchev–Trinajstić information content (AvgIpc) is 3.01. The smallest absolute Gasteiger partial charge is 0.271 e. The number of imidazole rings is 1. The Labute approximate surface area is 147 Å². The van der Waals surface area contributed by atoms with E-state index in [9.17, 15) is 9.59 Å². The van der Waals surface area contributed by atoms with E-state index in [4.69, 9.17) is 11.6 Å². The first-order valence-electron chi connectivity index (χ1n) is 7.04. The molecular formula is C16H13ClN4O2S. The van der Waals surface area contributed by atoms with Crippen LogP contribution in [0.25, 0.3) is 5.52 Å². The van der Waals surface area contributed by atoms with Gasteiger partial charge < -0.3 is 0 Å². The van der Waals surface area contributed by atoms with E-state index in [0.717, 1.165) is 5.52 Å². The number of amides is 2. The van der Waals surface area contributed by atoms with Gasteiger partial charge in [0.05, 0.1) is 28.1 Å². The van der Waals surface area contributed by atoms with Crippen LogP contribution in [0, 0.1) is 0 Å². The van der Waals surface area contributed by atoms with Gasteiger partial charge in [0.1, 0.15) is 0 Å². The number of hydrazine groups is 1. The van der Waals surface area contributed by atoms with Crippen molar-refractivity contribution >= 4 is 40.7 Å². The molecule has 0 atom stereocenters. The summed E-state index contributed by atoms with van der Waals surface area (Å²) in [5.41, 5.74) is 5.96. The molecule has 0 aliphatic rings. The van der Waals surface area contributed by atoms with Crippen LogP contribution in [0.3, 0.4) is 0 Å². The van der Waals surface area contributed by atoms with Crippen LogP contribution in [-0.4, -0.2) is 27.0 Å². The molecule has 6 nitrogen and oxygen atoms in total. The summed E-state index contributed by atoms with van der Waals surface area (Å²) in [5.74, 6) is -0.685. The third kappa shape index (κ3) is 3.69. The number of carbonyl (C=O) groups excluding carboxylic acids is 2. The highest BCUT2D eigenvalue weighted by Crippen LogP contribution is 2.18. The zero-order valence-electron chi connectivity index (χ0n) is 12.4. The topological polar surface area (TPSA) is 75.5 Å². The number of nitrogens with one attached hydrogen (secondary N) is 2. The van der Waals surface area contributed by atoms with Crippen LogP contribution in [0.2, 0.25) is 5.02 Å². The third-order valence-electron chi connectivity index (χ3n) is 3.17. The number of hydrogen-bond donors (Lipinski definition) is 2. The molecule has 0 aliphatic carbocycles. The predicted molar refractivity (Wildman–Crippen MR) is 93.0 cm³/mol. The van der Waals surface area contributed by atoms with Gasteiger partial charge in [-0.2, -0.15) is 0 Å². The molecule has 0 spiro atoms. The molecular weight excluding hydrogens is 348 g/mol. The third-order valence-corrected chi connectivity index (χ3v) is 4.47. The molecule has 0 unspecified atom stereocenters. The number of nitrogens with zero attached hydrogens (tertiary/aromatic N) is 2. The largest absolute Gasteiger partial charge is 0.295 e. The Hall–Kier alpha value is -2.51. The monoisotopic (exact) mass is 360 g/mol. The molecule has 3 aromatic rings. The maximum atomic E-state index is 11.9. The van der Waals surface area contributed by atoms with Gasteiger partial charge in [0.2, 0.25) is 5.91 Å². The summed E-state index contributed by atoms with van der Waals surface area (Å²) < 4.78 is 1.89. The number of hydrogen-bond acceptors (Lipinski definition) is 4. The number of rotatable bonds is 4. The summed E-state index contributed by atoms with van der Waals surface area (Å²) in [7, 11) is 0. The number of halogens is 1. The lowest BCUT2D eigenvalue weighted by atomic mass is 10.2. The Morgan fingerprint density at radius 3 is 2.75 bits per heavy atom. The number of fused-ring (bicyclic) bond motifs is 1. The second-order valence-electron chi connectivity index (χ2n) is 4.81. The molecule has 2 aromatic heterocycles. The van der Waals surface area contributed by atoms with Gasteiger partial charge in [-0.05, 0) is 24.3 Å². The van der Waals surface area contributed by atoms with Crippen LogP contribution in [0.5, 0.6) is 0 Å². The van der Waals surface area contributed by atoms with E-state index in [1.807, 2.05) is 28.8 Å². The quantitative estimate of drug-likeness (QED) is 0.554. The second kappa shape index (κ2) is 7.37. The van der Waals surface area contributed by atoms with Gasteiger partial charge in [-0.3, -0.25) is 24.8 Å². The molecule has 0 fully saturated rings. The Bertz CT molecular complexity index is 896. The fourth-order valence-electron chi connectivity index (χ4n) is 2.03. The minimum Gasteiger partial charge on any atom is -0.295 e. The lowest BCUT2D eigenvalue weighted by Crippen LogP contribution is -2.42. The molecule has 0 radical (unpaired) electrons. The van der Waals surface area contributed by atoms with Crippen molar-refractivity contribution < 1.29 is 9.59 Å². The zero-order valence-corrected chi connectivity index (χ0v) is 14.0. The summed E-state index contributed by atoms with van der Waals surface area (Å²) in [6.45, 7) is 0. The van der Waals surface area contributed by atoms with E-state index in [0.29, 0.717) is 15.7 Å². The minimum absolute atomic E-state index is 0.122. The summed E-state index contributed by atoms with van der Waals surface area (Å²) in [4.78, 5) is 28.1. The van der Waals surface area contributed by atoms with Crippen molar-refractivity contribution in [1.82, 2.24) is 20.2 Å². The lowest BCUT2D eigenvalue weighted by molar-refractivity contribution is -0.119. The first-order chi connectivity index (χ1) is 11.6. The van der Waals surface area contributed by atoms with Gasteiger partial charge >= 0.3 is 0 Å². The normalized spacial score (nSPS) is 10.5. The number of benzene rings is 1. The van der Waals surface area contributed by atoms with Gasteiger partial charge in [-0.25, -0.2) is 4.98 Å². The fourth-order valence-corrected chi connectivity index (χ4v) is 3.02. The number of aromatic nitrogens is 2. The number of thioether (sulfide) groups is 1. The van der Waals surface area contributed by atoms with E-state index in [1.165, 1.54) is 11.8 Å². The van der Waals surface area contributed by atoms with E-state index >= 15 is 0 Å². The maximum absolute atomic E-state index is 11.9. The van der Waals surface area contributed by atoms with Crippen molar-refractivity contribution in [1.29, 1.82) is 0 Å². The Morgan fingerprint density at radius 2 is 1.92 bits per heavy atom. The van der Waals surface area contributed by atoms with Crippen LogP contribution < -0.4 is 10.9 Å². The average molecular weight is 361 g/mol. The SMILES string of the molecule is O=C(CSc1ncc2ccccn12)NNC(=O)c1ccccc1Cl. The molecule has 0 saturated carbocycles. The van der Waals surface area contributed by atoms with Crippen molar-refractivity contribution in [2.75, 3.05) is 5.75 Å². The Morgan fingerprint density at radius 1 is 1.12 bits per heavy atom. The van der Waals surface area contributed by atoms with E-state index in [-0.39, 0.29) is 11.7 Å². The molecule has 122 valence electrons. The number of carbonyl (C=O) groups is 2. The predicted octanol–water partition coefficient (Wildman–Crippen LogP) is 2.54. The van der Waals surface area contributed by atoms with Gasteiger partial charge in [0, 0.05) is 6.20 Å². The maximum Gasteiger partial charge on any atom is 0.271 e. The molecule has 2 N–H and O–H groups in total. The highest BCUT2D eigenvalue weighted by atomic mass is 35.5. The molecule has 8 heteroatoms. The molecule has 0 bridgehead atoms. The minimum atomic E-state index is -0.467. The number of pyridine rings is 1.